The van der Waals surface area contributed by atoms with Crippen LogP contribution in [0.3, 0.4) is 0 Å². The van der Waals surface area contributed by atoms with E-state index >= 15 is 0 Å². The van der Waals surface area contributed by atoms with E-state index in [9.17, 15) is 0 Å². The Kier molecular flexibility index (Phi) is 3.50. The predicted molar refractivity (Wildman–Crippen MR) is 99.6 cm³/mol. The molecular weight excluding hydrogens is 322 g/mol. The Morgan fingerprint density at radius 2 is 1.58 bits per heavy atom. The fourth-order valence-corrected chi connectivity index (χ4v) is 2.96. The van der Waals surface area contributed by atoms with Crippen LogP contribution in [0.1, 0.15) is 5.56 Å². The van der Waals surface area contributed by atoms with Crippen LogP contribution in [0.4, 0.5) is 11.4 Å². The van der Waals surface area contributed by atoms with Gasteiger partial charge in [-0.15, -0.1) is 5.10 Å². The Bertz CT molecular complexity index is 865. The highest BCUT2D eigenvalue weighted by molar-refractivity contribution is 6.30. The van der Waals surface area contributed by atoms with Gasteiger partial charge in [0.15, 0.2) is 5.84 Å². The molecule has 0 atom stereocenters. The summed E-state index contributed by atoms with van der Waals surface area (Å²) in [6.07, 6.45) is 1.70. The molecule has 0 amide bonds. The zero-order chi connectivity index (χ0) is 16.7. The van der Waals surface area contributed by atoms with Crippen LogP contribution in [0, 0.1) is 6.92 Å². The minimum atomic E-state index is 0.558. The van der Waals surface area contributed by atoms with Crippen molar-refractivity contribution in [3.05, 3.63) is 70.5 Å². The summed E-state index contributed by atoms with van der Waals surface area (Å²) in [5.74, 6) is 1.42. The average molecular weight is 338 g/mol. The van der Waals surface area contributed by atoms with Gasteiger partial charge in [-0.1, -0.05) is 29.3 Å². The maximum absolute atomic E-state index is 6.38. The van der Waals surface area contributed by atoms with Crippen LogP contribution in [-0.2, 0) is 0 Å². The lowest BCUT2D eigenvalue weighted by Crippen LogP contribution is -2.49. The minimum absolute atomic E-state index is 0.558. The lowest BCUT2D eigenvalue weighted by molar-refractivity contribution is 0.862. The van der Waals surface area contributed by atoms with E-state index in [1.54, 1.807) is 6.21 Å². The average Bonchev–Trinajstić information content (AvgIpc) is 3.08. The van der Waals surface area contributed by atoms with E-state index in [0.29, 0.717) is 17.5 Å². The molecule has 0 radical (unpaired) electrons. The molecule has 24 heavy (non-hydrogen) atoms. The molecule has 2 aliphatic rings. The molecule has 0 bridgehead atoms. The van der Waals surface area contributed by atoms with Gasteiger partial charge >= 0.3 is 0 Å². The lowest BCUT2D eigenvalue weighted by Gasteiger charge is -2.38. The SMILES string of the molecule is Cc1ccc(N2CN(c3ccc(Cl)cc3)C3=NN=CC3=C2N)cc1. The van der Waals surface area contributed by atoms with Crippen molar-refractivity contribution in [2.24, 2.45) is 15.9 Å². The molecular formula is C18H16ClN5. The van der Waals surface area contributed by atoms with Crippen molar-refractivity contribution >= 4 is 35.0 Å². The first-order valence-electron chi connectivity index (χ1n) is 7.62. The van der Waals surface area contributed by atoms with Crippen molar-refractivity contribution in [3.8, 4) is 0 Å². The second-order valence-electron chi connectivity index (χ2n) is 5.78. The highest BCUT2D eigenvalue weighted by atomic mass is 35.5. The third kappa shape index (κ3) is 2.43. The number of rotatable bonds is 2. The van der Waals surface area contributed by atoms with Crippen LogP contribution in [0.15, 0.2) is 70.1 Å². The predicted octanol–water partition coefficient (Wildman–Crippen LogP) is 3.50. The van der Waals surface area contributed by atoms with E-state index in [1.807, 2.05) is 24.3 Å². The summed E-state index contributed by atoms with van der Waals surface area (Å²) in [5.41, 5.74) is 10.4. The Morgan fingerprint density at radius 1 is 0.958 bits per heavy atom. The second-order valence-corrected chi connectivity index (χ2v) is 6.21. The molecule has 6 heteroatoms. The molecule has 2 N–H and O–H groups in total. The molecule has 2 aromatic rings. The number of nitrogens with zero attached hydrogens (tertiary/aromatic N) is 4. The van der Waals surface area contributed by atoms with Gasteiger partial charge in [0, 0.05) is 16.4 Å². The number of amidine groups is 1. The van der Waals surface area contributed by atoms with Crippen molar-refractivity contribution in [2.75, 3.05) is 16.5 Å². The van der Waals surface area contributed by atoms with Gasteiger partial charge in [0.05, 0.1) is 11.8 Å². The molecule has 0 saturated carbocycles. The summed E-state index contributed by atoms with van der Waals surface area (Å²) in [4.78, 5) is 4.13. The van der Waals surface area contributed by atoms with E-state index in [2.05, 4.69) is 51.2 Å². The number of fused-ring (bicyclic) bond motifs is 1. The number of benzene rings is 2. The van der Waals surface area contributed by atoms with Gasteiger partial charge in [-0.3, -0.25) is 0 Å². The lowest BCUT2D eigenvalue weighted by atomic mass is 10.1. The zero-order valence-electron chi connectivity index (χ0n) is 13.1. The fraction of sp³-hybridized carbons (Fsp3) is 0.111. The van der Waals surface area contributed by atoms with Crippen molar-refractivity contribution in [2.45, 2.75) is 6.92 Å². The van der Waals surface area contributed by atoms with Crippen molar-refractivity contribution in [3.63, 3.8) is 0 Å². The molecule has 0 aliphatic carbocycles. The zero-order valence-corrected chi connectivity index (χ0v) is 13.9. The maximum Gasteiger partial charge on any atom is 0.169 e. The number of nitrogens with two attached hydrogens (primary N) is 1. The van der Waals surface area contributed by atoms with Crippen LogP contribution in [0.25, 0.3) is 0 Å². The van der Waals surface area contributed by atoms with Gasteiger partial charge in [-0.2, -0.15) is 5.10 Å². The number of halogens is 1. The number of hydrogen-bond donors (Lipinski definition) is 1. The number of anilines is 2. The van der Waals surface area contributed by atoms with E-state index in [4.69, 9.17) is 17.3 Å². The highest BCUT2D eigenvalue weighted by Crippen LogP contribution is 2.30. The summed E-state index contributed by atoms with van der Waals surface area (Å²) in [7, 11) is 0. The van der Waals surface area contributed by atoms with E-state index in [-0.39, 0.29) is 0 Å². The normalized spacial score (nSPS) is 16.5. The smallest absolute Gasteiger partial charge is 0.169 e. The summed E-state index contributed by atoms with van der Waals surface area (Å²) >= 11 is 6.01. The molecule has 120 valence electrons. The van der Waals surface area contributed by atoms with Gasteiger partial charge in [0.1, 0.15) is 12.5 Å². The van der Waals surface area contributed by atoms with Crippen LogP contribution in [0.2, 0.25) is 5.02 Å². The van der Waals surface area contributed by atoms with Gasteiger partial charge in [0.25, 0.3) is 0 Å². The first-order valence-corrected chi connectivity index (χ1v) is 8.00. The molecule has 0 aromatic heterocycles. The Balaban J connectivity index is 1.78. The second kappa shape index (κ2) is 5.69. The molecule has 0 unspecified atom stereocenters. The standard InChI is InChI=1S/C18H16ClN5/c1-12-2-6-14(7-3-12)23-11-24(15-8-4-13(19)5-9-15)18-16(17(23)20)10-21-22-18/h2-10H,11,20H2,1H3. The summed E-state index contributed by atoms with van der Waals surface area (Å²) in [6, 6.07) is 16.0. The van der Waals surface area contributed by atoms with Gasteiger partial charge < -0.3 is 15.5 Å². The van der Waals surface area contributed by atoms with Crippen LogP contribution in [-0.4, -0.2) is 18.7 Å². The molecule has 4 rings (SSSR count). The minimum Gasteiger partial charge on any atom is -0.384 e. The highest BCUT2D eigenvalue weighted by Gasteiger charge is 2.32. The van der Waals surface area contributed by atoms with Gasteiger partial charge in [-0.05, 0) is 43.3 Å². The van der Waals surface area contributed by atoms with E-state index < -0.39 is 0 Å². The van der Waals surface area contributed by atoms with Crippen LogP contribution in [0.5, 0.6) is 0 Å². The Hall–Kier alpha value is -2.79. The fourth-order valence-electron chi connectivity index (χ4n) is 2.83. The largest absolute Gasteiger partial charge is 0.384 e. The molecule has 0 saturated heterocycles. The van der Waals surface area contributed by atoms with Crippen molar-refractivity contribution < 1.29 is 0 Å². The Labute approximate surface area is 145 Å². The van der Waals surface area contributed by atoms with E-state index in [1.165, 1.54) is 5.56 Å². The van der Waals surface area contributed by atoms with Gasteiger partial charge in [-0.25, -0.2) is 0 Å². The first-order chi connectivity index (χ1) is 11.6. The third-order valence-corrected chi connectivity index (χ3v) is 4.42. The molecule has 0 spiro atoms. The summed E-state index contributed by atoms with van der Waals surface area (Å²) in [5, 5.41) is 8.99. The van der Waals surface area contributed by atoms with Crippen LogP contribution < -0.4 is 15.5 Å². The summed E-state index contributed by atoms with van der Waals surface area (Å²) in [6.45, 7) is 2.62. The molecule has 0 fully saturated rings. The van der Waals surface area contributed by atoms with Crippen LogP contribution >= 0.6 is 11.6 Å². The topological polar surface area (TPSA) is 57.2 Å². The number of aryl methyl sites for hydroxylation is 1. The first kappa shape index (κ1) is 14.8. The molecule has 2 aromatic carbocycles. The quantitative estimate of drug-likeness (QED) is 0.912. The molecule has 5 nitrogen and oxygen atoms in total. The van der Waals surface area contributed by atoms with Gasteiger partial charge in [0.2, 0.25) is 0 Å². The van der Waals surface area contributed by atoms with Crippen molar-refractivity contribution in [1.82, 2.24) is 0 Å². The molecule has 2 heterocycles. The third-order valence-electron chi connectivity index (χ3n) is 4.17. The molecule has 2 aliphatic heterocycles. The maximum atomic E-state index is 6.38. The monoisotopic (exact) mass is 337 g/mol. The van der Waals surface area contributed by atoms with Crippen molar-refractivity contribution in [1.29, 1.82) is 0 Å². The Morgan fingerprint density at radius 3 is 2.29 bits per heavy atom. The van der Waals surface area contributed by atoms with E-state index in [0.717, 1.165) is 22.8 Å². The number of hydrogen-bond acceptors (Lipinski definition) is 5. The summed E-state index contributed by atoms with van der Waals surface area (Å²) < 4.78 is 0.